The zero-order valence-electron chi connectivity index (χ0n) is 15.6. The van der Waals surface area contributed by atoms with E-state index in [4.69, 9.17) is 14.2 Å². The summed E-state index contributed by atoms with van der Waals surface area (Å²) in [5.74, 6) is -2.07. The molecule has 0 heterocycles. The van der Waals surface area contributed by atoms with E-state index in [1.165, 1.54) is 0 Å². The molecule has 0 saturated carbocycles. The minimum Gasteiger partial charge on any atom is -0.463 e. The van der Waals surface area contributed by atoms with Crippen LogP contribution in [0, 0.1) is 0 Å². The van der Waals surface area contributed by atoms with Crippen molar-refractivity contribution < 1.29 is 28.6 Å². The van der Waals surface area contributed by atoms with E-state index in [2.05, 4.69) is 5.32 Å². The van der Waals surface area contributed by atoms with E-state index in [-0.39, 0.29) is 30.6 Å². The molecule has 1 amide bonds. The molecule has 0 aliphatic carbocycles. The molecular formula is C21H21NO6. The lowest BCUT2D eigenvalue weighted by Gasteiger charge is -2.14. The Balaban J connectivity index is 2.26. The van der Waals surface area contributed by atoms with Crippen LogP contribution in [-0.4, -0.2) is 31.1 Å². The van der Waals surface area contributed by atoms with Gasteiger partial charge in [-0.15, -0.1) is 0 Å². The van der Waals surface area contributed by atoms with Crippen molar-refractivity contribution in [3.8, 4) is 5.75 Å². The number of amides is 1. The third kappa shape index (κ3) is 5.98. The first-order chi connectivity index (χ1) is 13.5. The number of anilines is 1. The van der Waals surface area contributed by atoms with E-state index >= 15 is 0 Å². The van der Waals surface area contributed by atoms with Crippen LogP contribution in [0.1, 0.15) is 24.2 Å². The SMILES string of the molecule is CCOC(=O)/C=C(/Oc1ccccc1NC(=O)c1ccccc1)C(=O)OCC. The number of hydrogen-bond donors (Lipinski definition) is 1. The Morgan fingerprint density at radius 1 is 0.893 bits per heavy atom. The highest BCUT2D eigenvalue weighted by molar-refractivity contribution is 6.05. The molecule has 28 heavy (non-hydrogen) atoms. The van der Waals surface area contributed by atoms with Gasteiger partial charge in [-0.05, 0) is 38.1 Å². The van der Waals surface area contributed by atoms with E-state index < -0.39 is 11.9 Å². The number of carbonyl (C=O) groups is 3. The molecule has 0 unspecified atom stereocenters. The summed E-state index contributed by atoms with van der Waals surface area (Å²) in [5, 5.41) is 2.72. The van der Waals surface area contributed by atoms with Gasteiger partial charge in [0.1, 0.15) is 0 Å². The molecule has 0 aliphatic heterocycles. The number of carbonyl (C=O) groups excluding carboxylic acids is 3. The summed E-state index contributed by atoms with van der Waals surface area (Å²) in [7, 11) is 0. The van der Waals surface area contributed by atoms with Gasteiger partial charge in [-0.2, -0.15) is 0 Å². The van der Waals surface area contributed by atoms with Gasteiger partial charge in [0.2, 0.25) is 5.76 Å². The number of benzene rings is 2. The van der Waals surface area contributed by atoms with E-state index in [9.17, 15) is 14.4 Å². The minimum atomic E-state index is -0.820. The maximum absolute atomic E-state index is 12.4. The van der Waals surface area contributed by atoms with Gasteiger partial charge in [0.15, 0.2) is 5.75 Å². The standard InChI is InChI=1S/C21H21NO6/c1-3-26-19(23)14-18(21(25)27-4-2)28-17-13-9-8-12-16(17)22-20(24)15-10-6-5-7-11-15/h5-14H,3-4H2,1-2H3,(H,22,24)/b18-14+. The number of nitrogens with one attached hydrogen (secondary N) is 1. The summed E-state index contributed by atoms with van der Waals surface area (Å²) >= 11 is 0. The van der Waals surface area contributed by atoms with Crippen molar-refractivity contribution in [2.24, 2.45) is 0 Å². The van der Waals surface area contributed by atoms with Crippen LogP contribution in [0.5, 0.6) is 5.75 Å². The summed E-state index contributed by atoms with van der Waals surface area (Å²) in [6.45, 7) is 3.53. The van der Waals surface area contributed by atoms with Crippen LogP contribution in [0.4, 0.5) is 5.69 Å². The van der Waals surface area contributed by atoms with E-state index in [1.807, 2.05) is 0 Å². The van der Waals surface area contributed by atoms with Crippen molar-refractivity contribution in [2.75, 3.05) is 18.5 Å². The molecule has 2 aromatic rings. The van der Waals surface area contributed by atoms with Crippen LogP contribution in [0.3, 0.4) is 0 Å². The Bertz CT molecular complexity index is 860. The Labute approximate surface area is 162 Å². The van der Waals surface area contributed by atoms with Crippen LogP contribution in [-0.2, 0) is 19.1 Å². The lowest BCUT2D eigenvalue weighted by molar-refractivity contribution is -0.143. The largest absolute Gasteiger partial charge is 0.463 e. The molecule has 2 aromatic carbocycles. The van der Waals surface area contributed by atoms with Gasteiger partial charge in [-0.3, -0.25) is 4.79 Å². The third-order valence-corrected chi connectivity index (χ3v) is 3.40. The first-order valence-electron chi connectivity index (χ1n) is 8.74. The summed E-state index contributed by atoms with van der Waals surface area (Å²) in [6, 6.07) is 15.2. The molecule has 2 rings (SSSR count). The minimum absolute atomic E-state index is 0.106. The molecular weight excluding hydrogens is 362 g/mol. The number of rotatable bonds is 8. The Morgan fingerprint density at radius 2 is 1.54 bits per heavy atom. The molecule has 0 aliphatic rings. The maximum atomic E-state index is 12.4. The number of hydrogen-bond acceptors (Lipinski definition) is 6. The molecule has 0 fully saturated rings. The van der Waals surface area contributed by atoms with Gasteiger partial charge >= 0.3 is 11.9 Å². The molecule has 0 aromatic heterocycles. The Hall–Kier alpha value is -3.61. The van der Waals surface area contributed by atoms with Crippen LogP contribution < -0.4 is 10.1 Å². The van der Waals surface area contributed by atoms with Gasteiger partial charge in [0.25, 0.3) is 5.91 Å². The summed E-state index contributed by atoms with van der Waals surface area (Å²) in [6.07, 6.45) is 0.914. The summed E-state index contributed by atoms with van der Waals surface area (Å²) in [5.41, 5.74) is 0.792. The summed E-state index contributed by atoms with van der Waals surface area (Å²) < 4.78 is 15.3. The van der Waals surface area contributed by atoms with Crippen molar-refractivity contribution >= 4 is 23.5 Å². The van der Waals surface area contributed by atoms with Crippen molar-refractivity contribution in [3.63, 3.8) is 0 Å². The highest BCUT2D eigenvalue weighted by Gasteiger charge is 2.18. The van der Waals surface area contributed by atoms with Crippen molar-refractivity contribution in [3.05, 3.63) is 72.0 Å². The average Bonchev–Trinajstić information content (AvgIpc) is 2.70. The molecule has 0 bridgehead atoms. The number of ether oxygens (including phenoxy) is 3. The van der Waals surface area contributed by atoms with Gasteiger partial charge < -0.3 is 19.5 Å². The molecule has 0 spiro atoms. The van der Waals surface area contributed by atoms with Gasteiger partial charge in [-0.25, -0.2) is 9.59 Å². The predicted molar refractivity (Wildman–Crippen MR) is 103 cm³/mol. The lowest BCUT2D eigenvalue weighted by Crippen LogP contribution is -2.17. The van der Waals surface area contributed by atoms with E-state index in [0.717, 1.165) is 6.08 Å². The van der Waals surface area contributed by atoms with Crippen molar-refractivity contribution in [2.45, 2.75) is 13.8 Å². The fourth-order valence-electron chi connectivity index (χ4n) is 2.18. The lowest BCUT2D eigenvalue weighted by atomic mass is 10.2. The highest BCUT2D eigenvalue weighted by Crippen LogP contribution is 2.26. The molecule has 0 radical (unpaired) electrons. The normalized spacial score (nSPS) is 10.7. The highest BCUT2D eigenvalue weighted by atomic mass is 16.6. The molecule has 146 valence electrons. The van der Waals surface area contributed by atoms with Gasteiger partial charge in [-0.1, -0.05) is 30.3 Å². The third-order valence-electron chi connectivity index (χ3n) is 3.40. The molecule has 0 atom stereocenters. The molecule has 7 nitrogen and oxygen atoms in total. The second-order valence-electron chi connectivity index (χ2n) is 5.40. The zero-order chi connectivity index (χ0) is 20.4. The average molecular weight is 383 g/mol. The van der Waals surface area contributed by atoms with Crippen LogP contribution >= 0.6 is 0 Å². The second kappa shape index (κ2) is 10.5. The first-order valence-corrected chi connectivity index (χ1v) is 8.74. The molecule has 0 saturated heterocycles. The summed E-state index contributed by atoms with van der Waals surface area (Å²) in [4.78, 5) is 36.3. The monoisotopic (exact) mass is 383 g/mol. The quantitative estimate of drug-likeness (QED) is 0.427. The van der Waals surface area contributed by atoms with Crippen molar-refractivity contribution in [1.29, 1.82) is 0 Å². The number of esters is 2. The molecule has 1 N–H and O–H groups in total. The predicted octanol–water partition coefficient (Wildman–Crippen LogP) is 3.33. The Kier molecular flexibility index (Phi) is 7.77. The molecule has 7 heteroatoms. The zero-order valence-corrected chi connectivity index (χ0v) is 15.6. The van der Waals surface area contributed by atoms with Crippen molar-refractivity contribution in [1.82, 2.24) is 0 Å². The fourth-order valence-corrected chi connectivity index (χ4v) is 2.18. The topological polar surface area (TPSA) is 90.9 Å². The smallest absolute Gasteiger partial charge is 0.374 e. The van der Waals surface area contributed by atoms with E-state index in [0.29, 0.717) is 11.3 Å². The number of para-hydroxylation sites is 2. The van der Waals surface area contributed by atoms with Crippen LogP contribution in [0.15, 0.2) is 66.4 Å². The van der Waals surface area contributed by atoms with Crippen LogP contribution in [0.2, 0.25) is 0 Å². The first kappa shape index (κ1) is 20.7. The van der Waals surface area contributed by atoms with Gasteiger partial charge in [0, 0.05) is 5.56 Å². The Morgan fingerprint density at radius 3 is 2.21 bits per heavy atom. The maximum Gasteiger partial charge on any atom is 0.374 e. The van der Waals surface area contributed by atoms with Gasteiger partial charge in [0.05, 0.1) is 25.0 Å². The van der Waals surface area contributed by atoms with Crippen LogP contribution in [0.25, 0.3) is 0 Å². The van der Waals surface area contributed by atoms with E-state index in [1.54, 1.807) is 68.4 Å². The fraction of sp³-hybridized carbons (Fsp3) is 0.190. The second-order valence-corrected chi connectivity index (χ2v) is 5.40.